The van der Waals surface area contributed by atoms with Gasteiger partial charge in [-0.25, -0.2) is 0 Å². The Hall–Kier alpha value is -3.94. The summed E-state index contributed by atoms with van der Waals surface area (Å²) in [4.78, 5) is 35.3. The van der Waals surface area contributed by atoms with Gasteiger partial charge in [0.25, 0.3) is 11.6 Å². The van der Waals surface area contributed by atoms with E-state index in [0.29, 0.717) is 6.42 Å². The summed E-state index contributed by atoms with van der Waals surface area (Å²) in [5.41, 5.74) is 1.03. The molecular formula is C24H25N3O5. The summed E-state index contributed by atoms with van der Waals surface area (Å²) < 4.78 is 4.60. The Morgan fingerprint density at radius 2 is 1.81 bits per heavy atom. The molecule has 0 unspecified atom stereocenters. The van der Waals surface area contributed by atoms with Crippen molar-refractivity contribution in [3.8, 4) is 0 Å². The Morgan fingerprint density at radius 1 is 1.06 bits per heavy atom. The lowest BCUT2D eigenvalue weighted by molar-refractivity contribution is -0.384. The minimum absolute atomic E-state index is 0.130. The molecule has 0 aliphatic heterocycles. The number of para-hydroxylation sites is 1. The van der Waals surface area contributed by atoms with Gasteiger partial charge < -0.3 is 15.4 Å². The second kappa shape index (κ2) is 10.4. The van der Waals surface area contributed by atoms with Crippen LogP contribution in [0.1, 0.15) is 41.7 Å². The highest BCUT2D eigenvalue weighted by Gasteiger charge is 2.22. The molecule has 0 heterocycles. The molecule has 3 aromatic carbocycles. The standard InChI is InChI=1S/C24H25N3O5/c1-16(18-13-12-17-7-3-4-8-19(17)15-18)26-24(29)20-9-5-10-21(27(30)31)23(20)25-14-6-11-22(28)32-2/h3-5,7-10,12-13,15-16,25H,6,11,14H2,1-2H3,(H,26,29)/t16-/m0/s1. The lowest BCUT2D eigenvalue weighted by atomic mass is 10.0. The number of nitro benzene ring substituents is 1. The number of hydrogen-bond acceptors (Lipinski definition) is 6. The minimum Gasteiger partial charge on any atom is -0.469 e. The van der Waals surface area contributed by atoms with Crippen molar-refractivity contribution in [2.75, 3.05) is 19.0 Å². The fourth-order valence-electron chi connectivity index (χ4n) is 3.45. The van der Waals surface area contributed by atoms with Crippen molar-refractivity contribution in [1.29, 1.82) is 0 Å². The van der Waals surface area contributed by atoms with Gasteiger partial charge in [-0.15, -0.1) is 0 Å². The summed E-state index contributed by atoms with van der Waals surface area (Å²) >= 11 is 0. The van der Waals surface area contributed by atoms with E-state index in [2.05, 4.69) is 15.4 Å². The largest absolute Gasteiger partial charge is 0.469 e. The van der Waals surface area contributed by atoms with E-state index < -0.39 is 10.8 Å². The van der Waals surface area contributed by atoms with Crippen LogP contribution in [0, 0.1) is 10.1 Å². The number of fused-ring (bicyclic) bond motifs is 1. The minimum atomic E-state index is -0.536. The van der Waals surface area contributed by atoms with Crippen molar-refractivity contribution in [3.05, 3.63) is 81.9 Å². The second-order valence-corrected chi connectivity index (χ2v) is 7.37. The van der Waals surface area contributed by atoms with Gasteiger partial charge >= 0.3 is 5.97 Å². The van der Waals surface area contributed by atoms with Gasteiger partial charge in [-0.3, -0.25) is 19.7 Å². The van der Waals surface area contributed by atoms with Gasteiger partial charge in [-0.2, -0.15) is 0 Å². The highest BCUT2D eigenvalue weighted by atomic mass is 16.6. The molecule has 0 fully saturated rings. The molecule has 0 radical (unpaired) electrons. The lowest BCUT2D eigenvalue weighted by Crippen LogP contribution is -2.27. The zero-order chi connectivity index (χ0) is 23.1. The molecule has 166 valence electrons. The van der Waals surface area contributed by atoms with Crippen molar-refractivity contribution < 1.29 is 19.2 Å². The van der Waals surface area contributed by atoms with Crippen LogP contribution in [0.5, 0.6) is 0 Å². The number of hydrogen-bond donors (Lipinski definition) is 2. The molecule has 0 aliphatic rings. The van der Waals surface area contributed by atoms with Crippen LogP contribution in [0.25, 0.3) is 10.8 Å². The Kier molecular flexibility index (Phi) is 7.38. The van der Waals surface area contributed by atoms with Crippen LogP contribution in [0.2, 0.25) is 0 Å². The Balaban J connectivity index is 1.78. The molecule has 8 heteroatoms. The molecule has 8 nitrogen and oxygen atoms in total. The van der Waals surface area contributed by atoms with Crippen LogP contribution in [0.3, 0.4) is 0 Å². The van der Waals surface area contributed by atoms with Gasteiger partial charge in [0.1, 0.15) is 5.69 Å². The predicted octanol–water partition coefficient (Wildman–Crippen LogP) is 4.60. The van der Waals surface area contributed by atoms with Gasteiger partial charge in [0.05, 0.1) is 23.6 Å². The topological polar surface area (TPSA) is 111 Å². The maximum absolute atomic E-state index is 13.0. The van der Waals surface area contributed by atoms with Crippen molar-refractivity contribution in [2.45, 2.75) is 25.8 Å². The normalized spacial score (nSPS) is 11.6. The van der Waals surface area contributed by atoms with Crippen molar-refractivity contribution in [2.24, 2.45) is 0 Å². The number of ether oxygens (including phenoxy) is 1. The van der Waals surface area contributed by atoms with Crippen LogP contribution in [0.15, 0.2) is 60.7 Å². The van der Waals surface area contributed by atoms with E-state index in [0.717, 1.165) is 16.3 Å². The molecule has 0 saturated heterocycles. The third-order valence-electron chi connectivity index (χ3n) is 5.19. The average molecular weight is 435 g/mol. The molecule has 0 spiro atoms. The number of nitro groups is 1. The summed E-state index contributed by atoms with van der Waals surface area (Å²) in [5.74, 6) is -0.790. The van der Waals surface area contributed by atoms with E-state index in [1.54, 1.807) is 0 Å². The summed E-state index contributed by atoms with van der Waals surface area (Å²) in [6.07, 6.45) is 0.581. The molecule has 3 aromatic rings. The van der Waals surface area contributed by atoms with E-state index in [-0.39, 0.29) is 41.9 Å². The molecule has 32 heavy (non-hydrogen) atoms. The van der Waals surface area contributed by atoms with Gasteiger partial charge in [-0.1, -0.05) is 42.5 Å². The van der Waals surface area contributed by atoms with Crippen molar-refractivity contribution in [1.82, 2.24) is 5.32 Å². The fourth-order valence-corrected chi connectivity index (χ4v) is 3.45. The summed E-state index contributed by atoms with van der Waals surface area (Å²) in [6.45, 7) is 2.14. The number of esters is 1. The Labute approximate surface area is 185 Å². The number of anilines is 1. The fraction of sp³-hybridized carbons (Fsp3) is 0.250. The number of benzene rings is 3. The lowest BCUT2D eigenvalue weighted by Gasteiger charge is -2.17. The molecular weight excluding hydrogens is 410 g/mol. The first-order valence-electron chi connectivity index (χ1n) is 10.3. The van der Waals surface area contributed by atoms with Gasteiger partial charge in [0.15, 0.2) is 0 Å². The highest BCUT2D eigenvalue weighted by Crippen LogP contribution is 2.29. The first-order chi connectivity index (χ1) is 15.4. The quantitative estimate of drug-likeness (QED) is 0.220. The number of rotatable bonds is 9. The monoisotopic (exact) mass is 435 g/mol. The van der Waals surface area contributed by atoms with Gasteiger partial charge in [0.2, 0.25) is 0 Å². The number of nitrogens with zero attached hydrogens (tertiary/aromatic N) is 1. The van der Waals surface area contributed by atoms with E-state index in [1.807, 2.05) is 49.4 Å². The first kappa shape index (κ1) is 22.7. The van der Waals surface area contributed by atoms with E-state index in [9.17, 15) is 19.7 Å². The van der Waals surface area contributed by atoms with Crippen LogP contribution in [-0.2, 0) is 9.53 Å². The molecule has 0 aliphatic carbocycles. The van der Waals surface area contributed by atoms with Crippen LogP contribution >= 0.6 is 0 Å². The highest BCUT2D eigenvalue weighted by molar-refractivity contribution is 6.02. The number of methoxy groups -OCH3 is 1. The summed E-state index contributed by atoms with van der Waals surface area (Å²) in [5, 5.41) is 19.6. The van der Waals surface area contributed by atoms with Gasteiger partial charge in [-0.05, 0) is 41.8 Å². The Bertz CT molecular complexity index is 1150. The molecule has 0 saturated carbocycles. The number of carbonyl (C=O) groups is 2. The summed E-state index contributed by atoms with van der Waals surface area (Å²) in [7, 11) is 1.30. The smallest absolute Gasteiger partial charge is 0.305 e. The van der Waals surface area contributed by atoms with E-state index >= 15 is 0 Å². The zero-order valence-electron chi connectivity index (χ0n) is 18.0. The number of carbonyl (C=O) groups excluding carboxylic acids is 2. The second-order valence-electron chi connectivity index (χ2n) is 7.37. The first-order valence-corrected chi connectivity index (χ1v) is 10.3. The molecule has 2 N–H and O–H groups in total. The summed E-state index contributed by atoms with van der Waals surface area (Å²) in [6, 6.07) is 18.0. The van der Waals surface area contributed by atoms with Crippen molar-refractivity contribution in [3.63, 3.8) is 0 Å². The average Bonchev–Trinajstić information content (AvgIpc) is 2.80. The number of amides is 1. The van der Waals surface area contributed by atoms with Crippen molar-refractivity contribution >= 4 is 34.0 Å². The van der Waals surface area contributed by atoms with E-state index in [1.165, 1.54) is 25.3 Å². The third-order valence-corrected chi connectivity index (χ3v) is 5.19. The SMILES string of the molecule is COC(=O)CCCNc1c(C(=O)N[C@@H](C)c2ccc3ccccc3c2)cccc1[N+](=O)[O-]. The van der Waals surface area contributed by atoms with Crippen LogP contribution < -0.4 is 10.6 Å². The van der Waals surface area contributed by atoms with Crippen LogP contribution in [-0.4, -0.2) is 30.5 Å². The zero-order valence-corrected chi connectivity index (χ0v) is 18.0. The van der Waals surface area contributed by atoms with Crippen LogP contribution in [0.4, 0.5) is 11.4 Å². The predicted molar refractivity (Wildman–Crippen MR) is 123 cm³/mol. The third kappa shape index (κ3) is 5.40. The van der Waals surface area contributed by atoms with Gasteiger partial charge in [0, 0.05) is 19.0 Å². The van der Waals surface area contributed by atoms with E-state index in [4.69, 9.17) is 0 Å². The molecule has 1 amide bonds. The maximum atomic E-state index is 13.0. The Morgan fingerprint density at radius 3 is 2.53 bits per heavy atom. The molecule has 1 atom stereocenters. The maximum Gasteiger partial charge on any atom is 0.305 e. The molecule has 0 bridgehead atoms. The molecule has 3 rings (SSSR count). The number of nitrogens with one attached hydrogen (secondary N) is 2. The molecule has 0 aromatic heterocycles.